The molecule has 0 spiro atoms. The van der Waals surface area contributed by atoms with Crippen LogP contribution in [0.15, 0.2) is 70.6 Å². The Morgan fingerprint density at radius 3 is 1.32 bits per heavy atom. The number of phenols is 2. The summed E-state index contributed by atoms with van der Waals surface area (Å²) in [4.78, 5) is 9.52. The Morgan fingerprint density at radius 1 is 0.600 bits per heavy atom. The molecule has 0 bridgehead atoms. The fourth-order valence-corrected chi connectivity index (χ4v) is 5.07. The molecule has 0 unspecified atom stereocenters. The summed E-state index contributed by atoms with van der Waals surface area (Å²) in [5.74, 6) is 0.579. The minimum atomic E-state index is -0.165. The van der Waals surface area contributed by atoms with Crippen molar-refractivity contribution in [3.8, 4) is 11.5 Å². The van der Waals surface area contributed by atoms with Crippen molar-refractivity contribution in [3.05, 3.63) is 105 Å². The van der Waals surface area contributed by atoms with E-state index in [-0.39, 0.29) is 22.3 Å². The molecule has 40 heavy (non-hydrogen) atoms. The summed E-state index contributed by atoms with van der Waals surface area (Å²) in [5.41, 5.74) is 7.33. The predicted molar refractivity (Wildman–Crippen MR) is 170 cm³/mol. The molecule has 0 aliphatic heterocycles. The number of fused-ring (bicyclic) bond motifs is 1. The van der Waals surface area contributed by atoms with Gasteiger partial charge in [0.25, 0.3) is 0 Å². The predicted octanol–water partition coefficient (Wildman–Crippen LogP) is 8.70. The Kier molecular flexibility index (Phi) is 8.20. The van der Waals surface area contributed by atoms with Gasteiger partial charge in [-0.15, -0.1) is 0 Å². The molecule has 0 aliphatic rings. The molecule has 4 heteroatoms. The maximum atomic E-state index is 10.9. The Morgan fingerprint density at radius 2 is 0.975 bits per heavy atom. The van der Waals surface area contributed by atoms with E-state index in [1.54, 1.807) is 12.4 Å². The molecule has 0 aliphatic carbocycles. The Bertz CT molecular complexity index is 1480. The maximum absolute atomic E-state index is 10.9. The fourth-order valence-electron chi connectivity index (χ4n) is 5.07. The number of rotatable bonds is 6. The highest BCUT2D eigenvalue weighted by molar-refractivity contribution is 5.87. The van der Waals surface area contributed by atoms with Gasteiger partial charge >= 0.3 is 0 Å². The van der Waals surface area contributed by atoms with Crippen LogP contribution < -0.4 is 0 Å². The molecule has 2 N–H and O–H groups in total. The quantitative estimate of drug-likeness (QED) is 0.243. The van der Waals surface area contributed by atoms with Crippen molar-refractivity contribution >= 4 is 23.2 Å². The molecule has 4 aromatic carbocycles. The Labute approximate surface area is 239 Å². The largest absolute Gasteiger partial charge is 0.507 e. The topological polar surface area (TPSA) is 65.2 Å². The highest BCUT2D eigenvalue weighted by Gasteiger charge is 2.21. The van der Waals surface area contributed by atoms with Crippen LogP contribution in [0.3, 0.4) is 0 Å². The van der Waals surface area contributed by atoms with E-state index in [9.17, 15) is 10.2 Å². The molecular weight excluding hydrogens is 492 g/mol. The number of hydrogen-bond donors (Lipinski definition) is 2. The lowest BCUT2D eigenvalue weighted by Gasteiger charge is -2.22. The van der Waals surface area contributed by atoms with E-state index in [1.807, 2.05) is 50.2 Å². The van der Waals surface area contributed by atoms with Crippen molar-refractivity contribution in [2.45, 2.75) is 79.3 Å². The lowest BCUT2D eigenvalue weighted by atomic mass is 9.84. The van der Waals surface area contributed by atoms with Crippen LogP contribution in [0.1, 0.15) is 86.1 Å². The summed E-state index contributed by atoms with van der Waals surface area (Å²) in [7, 11) is 0. The van der Waals surface area contributed by atoms with Crippen LogP contribution in [0, 0.1) is 13.8 Å². The molecule has 208 valence electrons. The monoisotopic (exact) mass is 534 g/mol. The van der Waals surface area contributed by atoms with E-state index in [4.69, 9.17) is 9.98 Å². The molecule has 0 saturated carbocycles. The average Bonchev–Trinajstić information content (AvgIpc) is 2.86. The van der Waals surface area contributed by atoms with Gasteiger partial charge in [-0.05, 0) is 82.0 Å². The maximum Gasteiger partial charge on any atom is 0.128 e. The second-order valence-corrected chi connectivity index (χ2v) is 12.9. The summed E-state index contributed by atoms with van der Waals surface area (Å²) >= 11 is 0. The summed E-state index contributed by atoms with van der Waals surface area (Å²) in [6.45, 7) is 17.6. The first-order valence-corrected chi connectivity index (χ1v) is 13.9. The number of aromatic hydroxyl groups is 2. The summed E-state index contributed by atoms with van der Waals surface area (Å²) < 4.78 is 0. The van der Waals surface area contributed by atoms with Gasteiger partial charge in [0.05, 0.1) is 13.1 Å². The SMILES string of the molecule is Cc1cc(C=NCc2cc3ccccc3cc2CN=Cc2cc(C)cc(C(C)(C)C)c2O)c(O)c(C(C)(C)C)c1. The van der Waals surface area contributed by atoms with Crippen molar-refractivity contribution in [2.24, 2.45) is 9.98 Å². The second-order valence-electron chi connectivity index (χ2n) is 12.9. The van der Waals surface area contributed by atoms with Gasteiger partial charge in [0.1, 0.15) is 11.5 Å². The molecule has 0 radical (unpaired) electrons. The highest BCUT2D eigenvalue weighted by atomic mass is 16.3. The first-order chi connectivity index (χ1) is 18.7. The summed E-state index contributed by atoms with van der Waals surface area (Å²) in [6.07, 6.45) is 3.55. The molecule has 0 atom stereocenters. The van der Waals surface area contributed by atoms with E-state index in [2.05, 4.69) is 65.8 Å². The molecule has 0 aromatic heterocycles. The van der Waals surface area contributed by atoms with Crippen molar-refractivity contribution in [2.75, 3.05) is 0 Å². The number of hydrogen-bond acceptors (Lipinski definition) is 4. The van der Waals surface area contributed by atoms with Gasteiger partial charge in [0.2, 0.25) is 0 Å². The molecule has 4 nitrogen and oxygen atoms in total. The Hall–Kier alpha value is -3.92. The first kappa shape index (κ1) is 29.1. The number of aryl methyl sites for hydroxylation is 2. The van der Waals surface area contributed by atoms with E-state index >= 15 is 0 Å². The van der Waals surface area contributed by atoms with Gasteiger partial charge < -0.3 is 10.2 Å². The molecule has 0 saturated heterocycles. The number of aliphatic imine (C=N–C) groups is 2. The molecule has 0 amide bonds. The molecular formula is C36H42N2O2. The smallest absolute Gasteiger partial charge is 0.128 e. The average molecular weight is 535 g/mol. The van der Waals surface area contributed by atoms with Crippen LogP contribution >= 0.6 is 0 Å². The Balaban J connectivity index is 1.65. The van der Waals surface area contributed by atoms with Crippen molar-refractivity contribution in [1.82, 2.24) is 0 Å². The zero-order chi connectivity index (χ0) is 29.2. The lowest BCUT2D eigenvalue weighted by Crippen LogP contribution is -2.12. The third-order valence-electron chi connectivity index (χ3n) is 7.24. The van der Waals surface area contributed by atoms with Gasteiger partial charge in [0.15, 0.2) is 0 Å². The lowest BCUT2D eigenvalue weighted by molar-refractivity contribution is 0.445. The van der Waals surface area contributed by atoms with Gasteiger partial charge in [0, 0.05) is 34.7 Å². The van der Waals surface area contributed by atoms with Crippen molar-refractivity contribution in [1.29, 1.82) is 0 Å². The van der Waals surface area contributed by atoms with E-state index in [0.29, 0.717) is 13.1 Å². The van der Waals surface area contributed by atoms with Gasteiger partial charge in [-0.25, -0.2) is 0 Å². The van der Waals surface area contributed by atoms with E-state index in [0.717, 1.165) is 55.3 Å². The second kappa shape index (κ2) is 11.3. The zero-order valence-corrected chi connectivity index (χ0v) is 25.1. The van der Waals surface area contributed by atoms with Crippen LogP contribution in [0.5, 0.6) is 11.5 Å². The van der Waals surface area contributed by atoms with E-state index < -0.39 is 0 Å². The van der Waals surface area contributed by atoms with Gasteiger partial charge in [-0.3, -0.25) is 9.98 Å². The van der Waals surface area contributed by atoms with Crippen LogP contribution in [0.4, 0.5) is 0 Å². The normalized spacial score (nSPS) is 12.7. The summed E-state index contributed by atoms with van der Waals surface area (Å²) in [5, 5.41) is 24.2. The van der Waals surface area contributed by atoms with Crippen LogP contribution in [0.2, 0.25) is 0 Å². The standard InChI is InChI=1S/C36H42N2O2/c1-23-13-29(33(39)31(15-23)35(3,4)5)21-37-19-27-17-25-11-9-10-12-26(25)18-28(27)20-38-22-30-14-24(2)16-32(34(30)40)36(6,7)8/h9-18,21-22,39-40H,19-20H2,1-8H3. The van der Waals surface area contributed by atoms with E-state index in [1.165, 1.54) is 0 Å². The van der Waals surface area contributed by atoms with Crippen LogP contribution in [0.25, 0.3) is 10.8 Å². The first-order valence-electron chi connectivity index (χ1n) is 13.9. The molecule has 4 aromatic rings. The van der Waals surface area contributed by atoms with Crippen LogP contribution in [-0.2, 0) is 23.9 Å². The van der Waals surface area contributed by atoms with Gasteiger partial charge in [-0.2, -0.15) is 0 Å². The van der Waals surface area contributed by atoms with Crippen molar-refractivity contribution < 1.29 is 10.2 Å². The minimum absolute atomic E-state index is 0.165. The third-order valence-corrected chi connectivity index (χ3v) is 7.24. The summed E-state index contributed by atoms with van der Waals surface area (Å²) in [6, 6.07) is 20.7. The fraction of sp³-hybridized carbons (Fsp3) is 0.333. The minimum Gasteiger partial charge on any atom is -0.507 e. The number of nitrogens with zero attached hydrogens (tertiary/aromatic N) is 2. The number of benzene rings is 4. The van der Waals surface area contributed by atoms with Gasteiger partial charge in [-0.1, -0.05) is 77.9 Å². The molecule has 4 rings (SSSR count). The van der Waals surface area contributed by atoms with Crippen molar-refractivity contribution in [3.63, 3.8) is 0 Å². The molecule has 0 fully saturated rings. The zero-order valence-electron chi connectivity index (χ0n) is 25.1. The highest BCUT2D eigenvalue weighted by Crippen LogP contribution is 2.35. The number of phenolic OH excluding ortho intramolecular Hbond substituents is 2. The third kappa shape index (κ3) is 6.62. The van der Waals surface area contributed by atoms with Crippen LogP contribution in [-0.4, -0.2) is 22.6 Å². The molecule has 0 heterocycles.